The van der Waals surface area contributed by atoms with Gasteiger partial charge in [0.05, 0.1) is 18.3 Å². The number of ether oxygens (including phenoxy) is 1. The molecule has 2 aromatic rings. The van der Waals surface area contributed by atoms with Crippen LogP contribution in [0.5, 0.6) is 5.75 Å². The Morgan fingerprint density at radius 1 is 1.39 bits per heavy atom. The van der Waals surface area contributed by atoms with Crippen molar-refractivity contribution in [3.8, 4) is 17.0 Å². The Kier molecular flexibility index (Phi) is 3.15. The molecule has 1 aliphatic rings. The van der Waals surface area contributed by atoms with E-state index < -0.39 is 0 Å². The van der Waals surface area contributed by atoms with Crippen molar-refractivity contribution in [3.05, 3.63) is 23.8 Å². The number of anilines is 1. The van der Waals surface area contributed by atoms with Gasteiger partial charge in [0, 0.05) is 18.5 Å². The van der Waals surface area contributed by atoms with Crippen molar-refractivity contribution in [2.45, 2.75) is 19.8 Å². The lowest BCUT2D eigenvalue weighted by atomic mass is 10.1. The highest BCUT2D eigenvalue weighted by molar-refractivity contribution is 6.99. The number of rotatable bonds is 4. The predicted octanol–water partition coefficient (Wildman–Crippen LogP) is 2.96. The number of hydrogen-bond acceptors (Lipinski definition) is 5. The molecule has 94 valence electrons. The molecule has 4 nitrogen and oxygen atoms in total. The molecule has 1 aliphatic heterocycles. The third kappa shape index (κ3) is 2.06. The second-order valence-electron chi connectivity index (χ2n) is 4.31. The molecule has 0 saturated heterocycles. The molecule has 0 saturated carbocycles. The zero-order valence-corrected chi connectivity index (χ0v) is 11.1. The third-order valence-electron chi connectivity index (χ3n) is 2.99. The largest absolute Gasteiger partial charge is 0.493 e. The molecule has 18 heavy (non-hydrogen) atoms. The van der Waals surface area contributed by atoms with E-state index in [9.17, 15) is 0 Å². The average molecular weight is 261 g/mol. The van der Waals surface area contributed by atoms with Crippen LogP contribution >= 0.6 is 11.7 Å². The highest BCUT2D eigenvalue weighted by Gasteiger charge is 2.16. The van der Waals surface area contributed by atoms with Gasteiger partial charge in [0.1, 0.15) is 11.4 Å². The van der Waals surface area contributed by atoms with Crippen molar-refractivity contribution in [1.29, 1.82) is 0 Å². The summed E-state index contributed by atoms with van der Waals surface area (Å²) in [5, 5.41) is 3.31. The summed E-state index contributed by atoms with van der Waals surface area (Å²) in [5.74, 6) is 1.89. The van der Waals surface area contributed by atoms with Crippen molar-refractivity contribution in [2.24, 2.45) is 0 Å². The van der Waals surface area contributed by atoms with Gasteiger partial charge in [-0.05, 0) is 30.2 Å². The van der Waals surface area contributed by atoms with Gasteiger partial charge in [-0.25, -0.2) is 0 Å². The van der Waals surface area contributed by atoms with Gasteiger partial charge in [0.25, 0.3) is 0 Å². The summed E-state index contributed by atoms with van der Waals surface area (Å²) in [6.45, 7) is 3.85. The second kappa shape index (κ2) is 4.94. The molecule has 1 N–H and O–H groups in total. The number of aromatic nitrogens is 2. The fourth-order valence-corrected chi connectivity index (χ4v) is 2.62. The van der Waals surface area contributed by atoms with E-state index >= 15 is 0 Å². The summed E-state index contributed by atoms with van der Waals surface area (Å²) in [7, 11) is 0. The van der Waals surface area contributed by atoms with Crippen LogP contribution in [-0.4, -0.2) is 21.9 Å². The Hall–Kier alpha value is -1.62. The first kappa shape index (κ1) is 11.5. The molecule has 0 radical (unpaired) electrons. The standard InChI is InChI=1S/C13H15N3OS/c1-2-6-14-13-12(15-18-16-13)10-3-4-11-9(8-10)5-7-17-11/h3-4,8H,2,5-7H2,1H3,(H,14,16). The molecule has 0 aliphatic carbocycles. The average Bonchev–Trinajstić information content (AvgIpc) is 3.03. The highest BCUT2D eigenvalue weighted by atomic mass is 32.1. The predicted molar refractivity (Wildman–Crippen MR) is 73.3 cm³/mol. The van der Waals surface area contributed by atoms with E-state index in [1.165, 1.54) is 17.3 Å². The number of fused-ring (bicyclic) bond motifs is 1. The van der Waals surface area contributed by atoms with Crippen LogP contribution in [0.15, 0.2) is 18.2 Å². The summed E-state index contributed by atoms with van der Waals surface area (Å²) in [4.78, 5) is 0. The van der Waals surface area contributed by atoms with Gasteiger partial charge in [0.15, 0.2) is 5.82 Å². The second-order valence-corrected chi connectivity index (χ2v) is 4.84. The summed E-state index contributed by atoms with van der Waals surface area (Å²) in [6.07, 6.45) is 2.06. The minimum atomic E-state index is 0.787. The Balaban J connectivity index is 1.92. The lowest BCUT2D eigenvalue weighted by molar-refractivity contribution is 0.357. The summed E-state index contributed by atoms with van der Waals surface area (Å²) in [6, 6.07) is 6.24. The maximum absolute atomic E-state index is 5.52. The normalized spacial score (nSPS) is 13.2. The first-order chi connectivity index (χ1) is 8.88. The van der Waals surface area contributed by atoms with Crippen LogP contribution < -0.4 is 10.1 Å². The lowest BCUT2D eigenvalue weighted by Crippen LogP contribution is -2.01. The van der Waals surface area contributed by atoms with E-state index in [2.05, 4.69) is 33.1 Å². The molecule has 0 amide bonds. The Labute approximate surface area is 110 Å². The maximum atomic E-state index is 5.52. The molecule has 0 fully saturated rings. The van der Waals surface area contributed by atoms with Crippen LogP contribution in [-0.2, 0) is 6.42 Å². The van der Waals surface area contributed by atoms with Gasteiger partial charge in [-0.3, -0.25) is 0 Å². The minimum Gasteiger partial charge on any atom is -0.493 e. The zero-order valence-electron chi connectivity index (χ0n) is 10.3. The monoisotopic (exact) mass is 261 g/mol. The van der Waals surface area contributed by atoms with Gasteiger partial charge >= 0.3 is 0 Å². The minimum absolute atomic E-state index is 0.787. The van der Waals surface area contributed by atoms with Gasteiger partial charge in [-0.15, -0.1) is 0 Å². The van der Waals surface area contributed by atoms with E-state index in [-0.39, 0.29) is 0 Å². The summed E-state index contributed by atoms with van der Waals surface area (Å²) >= 11 is 1.25. The quantitative estimate of drug-likeness (QED) is 0.919. The smallest absolute Gasteiger partial charge is 0.168 e. The number of benzene rings is 1. The van der Waals surface area contributed by atoms with Crippen LogP contribution in [0.1, 0.15) is 18.9 Å². The molecule has 1 aromatic carbocycles. The molecule has 2 heterocycles. The first-order valence-electron chi connectivity index (χ1n) is 6.21. The van der Waals surface area contributed by atoms with Crippen LogP contribution in [0.4, 0.5) is 5.82 Å². The molecule has 0 unspecified atom stereocenters. The van der Waals surface area contributed by atoms with Gasteiger partial charge in [-0.1, -0.05) is 6.92 Å². The molecular formula is C13H15N3OS. The fraction of sp³-hybridized carbons (Fsp3) is 0.385. The van der Waals surface area contributed by atoms with E-state index in [1.807, 2.05) is 6.07 Å². The SMILES string of the molecule is CCCNc1nsnc1-c1ccc2c(c1)CCO2. The third-order valence-corrected chi connectivity index (χ3v) is 3.52. The Morgan fingerprint density at radius 3 is 3.22 bits per heavy atom. The molecule has 0 bridgehead atoms. The maximum Gasteiger partial charge on any atom is 0.168 e. The van der Waals surface area contributed by atoms with Crippen molar-refractivity contribution in [1.82, 2.24) is 8.75 Å². The van der Waals surface area contributed by atoms with Crippen molar-refractivity contribution in [2.75, 3.05) is 18.5 Å². The Bertz CT molecular complexity index is 553. The first-order valence-corrected chi connectivity index (χ1v) is 6.94. The zero-order chi connectivity index (χ0) is 12.4. The highest BCUT2D eigenvalue weighted by Crippen LogP contribution is 2.32. The van der Waals surface area contributed by atoms with Gasteiger partial charge < -0.3 is 10.1 Å². The molecule has 1 aromatic heterocycles. The van der Waals surface area contributed by atoms with Gasteiger partial charge in [0.2, 0.25) is 0 Å². The van der Waals surface area contributed by atoms with Crippen LogP contribution in [0.2, 0.25) is 0 Å². The van der Waals surface area contributed by atoms with E-state index in [0.29, 0.717) is 0 Å². The molecule has 0 atom stereocenters. The van der Waals surface area contributed by atoms with Crippen LogP contribution in [0, 0.1) is 0 Å². The molecule has 5 heteroatoms. The summed E-state index contributed by atoms with van der Waals surface area (Å²) in [5.41, 5.74) is 3.33. The molecule has 0 spiro atoms. The topological polar surface area (TPSA) is 47.0 Å². The van der Waals surface area contributed by atoms with Crippen molar-refractivity contribution in [3.63, 3.8) is 0 Å². The van der Waals surface area contributed by atoms with Crippen LogP contribution in [0.25, 0.3) is 11.3 Å². The molecular weight excluding hydrogens is 246 g/mol. The van der Waals surface area contributed by atoms with Crippen molar-refractivity contribution >= 4 is 17.5 Å². The van der Waals surface area contributed by atoms with Crippen molar-refractivity contribution < 1.29 is 4.74 Å². The van der Waals surface area contributed by atoms with E-state index in [1.54, 1.807) is 0 Å². The number of hydrogen-bond donors (Lipinski definition) is 1. The van der Waals surface area contributed by atoms with Gasteiger partial charge in [-0.2, -0.15) is 8.75 Å². The van der Waals surface area contributed by atoms with E-state index in [0.717, 1.165) is 48.8 Å². The Morgan fingerprint density at radius 2 is 2.33 bits per heavy atom. The lowest BCUT2D eigenvalue weighted by Gasteiger charge is -2.05. The van der Waals surface area contributed by atoms with Crippen LogP contribution in [0.3, 0.4) is 0 Å². The fourth-order valence-electron chi connectivity index (χ4n) is 2.07. The number of nitrogens with one attached hydrogen (secondary N) is 1. The molecule has 3 rings (SSSR count). The summed E-state index contributed by atoms with van der Waals surface area (Å²) < 4.78 is 14.2. The van der Waals surface area contributed by atoms with E-state index in [4.69, 9.17) is 4.74 Å². The number of nitrogens with zero attached hydrogens (tertiary/aromatic N) is 2.